The lowest BCUT2D eigenvalue weighted by Gasteiger charge is -2.24. The Bertz CT molecular complexity index is 1100. The summed E-state index contributed by atoms with van der Waals surface area (Å²) in [6.45, 7) is 3.80. The molecule has 0 saturated heterocycles. The highest BCUT2D eigenvalue weighted by Crippen LogP contribution is 2.44. The van der Waals surface area contributed by atoms with Gasteiger partial charge >= 0.3 is 0 Å². The van der Waals surface area contributed by atoms with Crippen LogP contribution in [0.5, 0.6) is 0 Å². The summed E-state index contributed by atoms with van der Waals surface area (Å²) in [6.07, 6.45) is 0. The van der Waals surface area contributed by atoms with Gasteiger partial charge in [0, 0.05) is 9.35 Å². The zero-order valence-corrected chi connectivity index (χ0v) is 18.2. The molecule has 142 valence electrons. The van der Waals surface area contributed by atoms with Gasteiger partial charge in [-0.3, -0.25) is 14.5 Å². The second-order valence-corrected chi connectivity index (χ2v) is 9.38. The van der Waals surface area contributed by atoms with Gasteiger partial charge in [0.1, 0.15) is 0 Å². The predicted octanol–water partition coefficient (Wildman–Crippen LogP) is 5.37. The second-order valence-electron chi connectivity index (χ2n) is 6.34. The molecule has 1 aliphatic heterocycles. The number of rotatable bonds is 4. The number of hydrogen-bond donors (Lipinski definition) is 1. The molecule has 8 heteroatoms. The van der Waals surface area contributed by atoms with Crippen molar-refractivity contribution in [3.63, 3.8) is 0 Å². The van der Waals surface area contributed by atoms with E-state index in [1.54, 1.807) is 17.5 Å². The highest BCUT2D eigenvalue weighted by molar-refractivity contribution is 9.10. The molecular formula is C20H15BrN2O3S2. The maximum Gasteiger partial charge on any atom is 0.296 e. The fourth-order valence-corrected chi connectivity index (χ4v) is 5.16. The zero-order chi connectivity index (χ0) is 20.0. The number of anilines is 1. The minimum absolute atomic E-state index is 0.0797. The van der Waals surface area contributed by atoms with Crippen LogP contribution in [0, 0.1) is 13.8 Å². The number of nitrogens with zero attached hydrogens (tertiary/aromatic N) is 2. The van der Waals surface area contributed by atoms with E-state index in [1.807, 2.05) is 38.1 Å². The average Bonchev–Trinajstić information content (AvgIpc) is 3.36. The predicted molar refractivity (Wildman–Crippen MR) is 114 cm³/mol. The van der Waals surface area contributed by atoms with Crippen LogP contribution in [0.4, 0.5) is 5.13 Å². The van der Waals surface area contributed by atoms with E-state index in [2.05, 4.69) is 20.9 Å². The number of carbonyl (C=O) groups excluding carboxylic acids is 2. The molecular weight excluding hydrogens is 460 g/mol. The van der Waals surface area contributed by atoms with Gasteiger partial charge in [-0.15, -0.1) is 22.7 Å². The van der Waals surface area contributed by atoms with Gasteiger partial charge in [0.25, 0.3) is 5.91 Å². The molecule has 0 saturated carbocycles. The van der Waals surface area contributed by atoms with Crippen molar-refractivity contribution < 1.29 is 14.7 Å². The van der Waals surface area contributed by atoms with Gasteiger partial charge in [-0.1, -0.05) is 34.1 Å². The summed E-state index contributed by atoms with van der Waals surface area (Å²) in [6, 6.07) is 10.1. The van der Waals surface area contributed by atoms with Crippen LogP contribution in [-0.4, -0.2) is 21.8 Å². The maximum atomic E-state index is 13.2. The number of thiazole rings is 1. The van der Waals surface area contributed by atoms with Crippen LogP contribution in [0.25, 0.3) is 0 Å². The van der Waals surface area contributed by atoms with Crippen LogP contribution < -0.4 is 4.90 Å². The number of hydrogen-bond acceptors (Lipinski definition) is 6. The molecule has 1 atom stereocenters. The lowest BCUT2D eigenvalue weighted by Crippen LogP contribution is -2.31. The Morgan fingerprint density at radius 1 is 1.25 bits per heavy atom. The Kier molecular flexibility index (Phi) is 4.95. The molecule has 1 aliphatic rings. The number of aromatic nitrogens is 1. The zero-order valence-electron chi connectivity index (χ0n) is 15.0. The summed E-state index contributed by atoms with van der Waals surface area (Å²) >= 11 is 6.09. The molecule has 3 heterocycles. The van der Waals surface area contributed by atoms with Crippen molar-refractivity contribution in [1.29, 1.82) is 0 Å². The fraction of sp³-hybridized carbons (Fsp3) is 0.150. The summed E-state index contributed by atoms with van der Waals surface area (Å²) < 4.78 is 0.818. The normalized spacial score (nSPS) is 16.9. The molecule has 0 aliphatic carbocycles. The highest BCUT2D eigenvalue weighted by atomic mass is 79.9. The smallest absolute Gasteiger partial charge is 0.296 e. The van der Waals surface area contributed by atoms with Crippen molar-refractivity contribution in [2.24, 2.45) is 0 Å². The van der Waals surface area contributed by atoms with E-state index in [0.717, 1.165) is 20.6 Å². The largest absolute Gasteiger partial charge is 0.503 e. The highest BCUT2D eigenvalue weighted by Gasteiger charge is 2.46. The van der Waals surface area contributed by atoms with Crippen LogP contribution in [-0.2, 0) is 4.79 Å². The third kappa shape index (κ3) is 3.11. The lowest BCUT2D eigenvalue weighted by atomic mass is 9.96. The molecule has 28 heavy (non-hydrogen) atoms. The van der Waals surface area contributed by atoms with Crippen molar-refractivity contribution >= 4 is 55.4 Å². The third-order valence-corrected chi connectivity index (χ3v) is 7.02. The van der Waals surface area contributed by atoms with Crippen LogP contribution in [0.2, 0.25) is 0 Å². The van der Waals surface area contributed by atoms with Gasteiger partial charge in [-0.05, 0) is 43.0 Å². The van der Waals surface area contributed by atoms with Crippen LogP contribution >= 0.6 is 38.6 Å². The van der Waals surface area contributed by atoms with Crippen molar-refractivity contribution in [2.45, 2.75) is 19.9 Å². The Morgan fingerprint density at radius 2 is 2.04 bits per heavy atom. The minimum atomic E-state index is -0.746. The number of halogens is 1. The molecule has 0 bridgehead atoms. The first-order valence-corrected chi connectivity index (χ1v) is 10.9. The van der Waals surface area contributed by atoms with E-state index in [4.69, 9.17) is 0 Å². The number of Topliss-reactive ketones (excluding diaryl/α,β-unsaturated/α-hetero) is 1. The summed E-state index contributed by atoms with van der Waals surface area (Å²) in [4.78, 5) is 33.5. The molecule has 0 radical (unpaired) electrons. The molecule has 1 amide bonds. The maximum absolute atomic E-state index is 13.2. The topological polar surface area (TPSA) is 70.5 Å². The van der Waals surface area contributed by atoms with E-state index in [1.165, 1.54) is 27.6 Å². The molecule has 1 N–H and O–H groups in total. The van der Waals surface area contributed by atoms with E-state index in [0.29, 0.717) is 10.0 Å². The summed E-state index contributed by atoms with van der Waals surface area (Å²) in [5.41, 5.74) is 1.62. The van der Waals surface area contributed by atoms with E-state index in [9.17, 15) is 14.7 Å². The molecule has 1 aromatic carbocycles. The second kappa shape index (κ2) is 7.27. The standard InChI is InChI=1S/C20H15BrN2O3S2/c1-10-11(2)28-20(22-10)23-16(12-5-3-6-13(21)9-12)15(18(25)19(23)26)17(24)14-7-4-8-27-14/h3-9,16,25H,1-2H3/t16-/m1/s1. The Labute approximate surface area is 178 Å². The third-order valence-electron chi connectivity index (χ3n) is 4.59. The molecule has 2 aromatic heterocycles. The summed E-state index contributed by atoms with van der Waals surface area (Å²) in [7, 11) is 0. The van der Waals surface area contributed by atoms with Crippen molar-refractivity contribution in [1.82, 2.24) is 4.98 Å². The van der Waals surface area contributed by atoms with Gasteiger partial charge in [-0.25, -0.2) is 4.98 Å². The van der Waals surface area contributed by atoms with E-state index in [-0.39, 0.29) is 11.4 Å². The van der Waals surface area contributed by atoms with Gasteiger partial charge in [0.2, 0.25) is 5.78 Å². The summed E-state index contributed by atoms with van der Waals surface area (Å²) in [5.74, 6) is -1.48. The minimum Gasteiger partial charge on any atom is -0.503 e. The number of aliphatic hydroxyl groups excluding tert-OH is 1. The number of aliphatic hydroxyl groups is 1. The Morgan fingerprint density at radius 3 is 2.64 bits per heavy atom. The molecule has 5 nitrogen and oxygen atoms in total. The first-order valence-electron chi connectivity index (χ1n) is 8.43. The number of aryl methyl sites for hydroxylation is 2. The van der Waals surface area contributed by atoms with Crippen LogP contribution in [0.3, 0.4) is 0 Å². The lowest BCUT2D eigenvalue weighted by molar-refractivity contribution is -0.117. The molecule has 0 unspecified atom stereocenters. The van der Waals surface area contributed by atoms with Crippen molar-refractivity contribution in [3.8, 4) is 0 Å². The number of carbonyl (C=O) groups is 2. The number of amides is 1. The number of ketones is 1. The van der Waals surface area contributed by atoms with Gasteiger partial charge in [0.15, 0.2) is 10.9 Å². The van der Waals surface area contributed by atoms with Crippen LogP contribution in [0.1, 0.15) is 31.8 Å². The fourth-order valence-electron chi connectivity index (χ4n) is 3.13. The Hall–Kier alpha value is -2.29. The monoisotopic (exact) mass is 474 g/mol. The molecule has 3 aromatic rings. The molecule has 4 rings (SSSR count). The Balaban J connectivity index is 1.90. The van der Waals surface area contributed by atoms with Gasteiger partial charge in [0.05, 0.1) is 22.2 Å². The van der Waals surface area contributed by atoms with Gasteiger partial charge < -0.3 is 5.11 Å². The molecule has 0 fully saturated rings. The van der Waals surface area contributed by atoms with Crippen LogP contribution in [0.15, 0.2) is 57.6 Å². The van der Waals surface area contributed by atoms with Gasteiger partial charge in [-0.2, -0.15) is 0 Å². The first kappa shape index (κ1) is 19.0. The van der Waals surface area contributed by atoms with Crippen molar-refractivity contribution in [2.75, 3.05) is 4.90 Å². The SMILES string of the molecule is Cc1nc(N2C(=O)C(O)=C(C(=O)c3cccs3)[C@H]2c2cccc(Br)c2)sc1C. The molecule has 0 spiro atoms. The average molecular weight is 475 g/mol. The number of benzene rings is 1. The van der Waals surface area contributed by atoms with E-state index < -0.39 is 17.7 Å². The van der Waals surface area contributed by atoms with E-state index >= 15 is 0 Å². The summed E-state index contributed by atoms with van der Waals surface area (Å²) in [5, 5.41) is 12.9. The van der Waals surface area contributed by atoms with Crippen molar-refractivity contribution in [3.05, 3.63) is 78.6 Å². The first-order chi connectivity index (χ1) is 13.4. The quantitative estimate of drug-likeness (QED) is 0.516. The number of thiophene rings is 1.